The molecule has 0 aromatic heterocycles. The Morgan fingerprint density at radius 1 is 0.920 bits per heavy atom. The van der Waals surface area contributed by atoms with Crippen LogP contribution in [-0.2, 0) is 4.74 Å². The summed E-state index contributed by atoms with van der Waals surface area (Å²) in [6.45, 7) is 13.7. The third-order valence-corrected chi connectivity index (χ3v) is 21.4. The summed E-state index contributed by atoms with van der Waals surface area (Å²) >= 11 is -2.25. The average Bonchev–Trinajstić information content (AvgIpc) is 2.63. The first kappa shape index (κ1) is 24.8. The molecule has 0 unspecified atom stereocenters. The molecule has 0 aliphatic heterocycles. The molecule has 4 nitrogen and oxygen atoms in total. The third-order valence-electron chi connectivity index (χ3n) is 5.18. The van der Waals surface area contributed by atoms with E-state index >= 15 is 0 Å². The van der Waals surface area contributed by atoms with E-state index in [0.717, 1.165) is 32.5 Å². The summed E-state index contributed by atoms with van der Waals surface area (Å²) in [6, 6.07) is 0. The molecule has 0 rings (SSSR count). The van der Waals surface area contributed by atoms with E-state index < -0.39 is 18.4 Å². The summed E-state index contributed by atoms with van der Waals surface area (Å²) in [6.07, 6.45) is 11.1. The molecule has 0 N–H and O–H groups in total. The maximum absolute atomic E-state index is 8.25. The Hall–Kier alpha value is -0.191. The van der Waals surface area contributed by atoms with Gasteiger partial charge < -0.3 is 0 Å². The Morgan fingerprint density at radius 3 is 1.96 bits per heavy atom. The number of nitrogens with zero attached hydrogens (tertiary/aromatic N) is 3. The van der Waals surface area contributed by atoms with Gasteiger partial charge in [0, 0.05) is 0 Å². The summed E-state index contributed by atoms with van der Waals surface area (Å²) in [5.41, 5.74) is 8.25. The summed E-state index contributed by atoms with van der Waals surface area (Å²) in [4.78, 5) is 2.77. The van der Waals surface area contributed by atoms with Gasteiger partial charge in [0.15, 0.2) is 0 Å². The predicted octanol–water partition coefficient (Wildman–Crippen LogP) is 7.43. The average molecular weight is 458 g/mol. The van der Waals surface area contributed by atoms with Crippen LogP contribution in [-0.4, -0.2) is 38.1 Å². The van der Waals surface area contributed by atoms with Crippen LogP contribution in [0.4, 0.5) is 0 Å². The standard InChI is InChI=1S/C8H14N3O.3C4H9.Sn/c1-2-3-7-12-8-5-4-6-10-11-9;3*1-3-4-2;/h1,3-8H2;3*1,3-4H2,2H3;. The van der Waals surface area contributed by atoms with Crippen molar-refractivity contribution in [2.45, 2.75) is 91.9 Å². The maximum atomic E-state index is 8.25. The van der Waals surface area contributed by atoms with Crippen molar-refractivity contribution in [1.29, 1.82) is 0 Å². The Morgan fingerprint density at radius 2 is 1.48 bits per heavy atom. The molecule has 0 amide bonds. The van der Waals surface area contributed by atoms with Gasteiger partial charge in [0.25, 0.3) is 0 Å². The van der Waals surface area contributed by atoms with Gasteiger partial charge in [0.05, 0.1) is 0 Å². The molecule has 0 saturated heterocycles. The van der Waals surface area contributed by atoms with Crippen molar-refractivity contribution >= 4 is 18.4 Å². The van der Waals surface area contributed by atoms with Gasteiger partial charge in [-0.25, -0.2) is 0 Å². The molecule has 0 fully saturated rings. The van der Waals surface area contributed by atoms with E-state index in [1.54, 1.807) is 3.59 Å². The Bertz CT molecular complexity index is 359. The van der Waals surface area contributed by atoms with E-state index in [1.807, 2.05) is 0 Å². The van der Waals surface area contributed by atoms with Crippen LogP contribution in [0.5, 0.6) is 0 Å². The second-order valence-corrected chi connectivity index (χ2v) is 20.8. The number of hydrogen-bond donors (Lipinski definition) is 0. The zero-order valence-electron chi connectivity index (χ0n) is 17.1. The molecule has 0 bridgehead atoms. The van der Waals surface area contributed by atoms with E-state index in [1.165, 1.54) is 51.8 Å². The first-order valence-electron chi connectivity index (χ1n) is 10.4. The van der Waals surface area contributed by atoms with Gasteiger partial charge in [0.2, 0.25) is 0 Å². The van der Waals surface area contributed by atoms with Crippen LogP contribution in [0.2, 0.25) is 13.3 Å². The van der Waals surface area contributed by atoms with E-state index in [-0.39, 0.29) is 0 Å². The zero-order valence-corrected chi connectivity index (χ0v) is 19.9. The molecular formula is C20H41N3OSn. The van der Waals surface area contributed by atoms with Gasteiger partial charge in [-0.1, -0.05) is 0 Å². The predicted molar refractivity (Wildman–Crippen MR) is 113 cm³/mol. The molecule has 0 aliphatic carbocycles. The van der Waals surface area contributed by atoms with Crippen LogP contribution in [0.1, 0.15) is 78.6 Å². The van der Waals surface area contributed by atoms with Crippen molar-refractivity contribution in [1.82, 2.24) is 0 Å². The zero-order chi connectivity index (χ0) is 18.8. The van der Waals surface area contributed by atoms with Gasteiger partial charge in [-0.3, -0.25) is 0 Å². The molecule has 0 radical (unpaired) electrons. The van der Waals surface area contributed by atoms with Gasteiger partial charge in [-0.2, -0.15) is 0 Å². The van der Waals surface area contributed by atoms with E-state index in [9.17, 15) is 0 Å². The first-order chi connectivity index (χ1) is 12.2. The summed E-state index contributed by atoms with van der Waals surface area (Å²) in [7, 11) is 0. The van der Waals surface area contributed by atoms with E-state index in [2.05, 4.69) is 37.4 Å². The molecule has 0 aromatic rings. The molecule has 0 atom stereocenters. The van der Waals surface area contributed by atoms with Gasteiger partial charge >= 0.3 is 160 Å². The molecule has 0 heterocycles. The fourth-order valence-electron chi connectivity index (χ4n) is 3.44. The van der Waals surface area contributed by atoms with Gasteiger partial charge in [-0.05, 0) is 0 Å². The molecular weight excluding hydrogens is 417 g/mol. The van der Waals surface area contributed by atoms with Crippen LogP contribution < -0.4 is 0 Å². The summed E-state index contributed by atoms with van der Waals surface area (Å²) < 4.78 is 11.9. The second kappa shape index (κ2) is 17.2. The van der Waals surface area contributed by atoms with Crippen molar-refractivity contribution in [2.75, 3.05) is 19.8 Å². The first-order valence-corrected chi connectivity index (χ1v) is 17.9. The van der Waals surface area contributed by atoms with Gasteiger partial charge in [-0.15, -0.1) is 0 Å². The monoisotopic (exact) mass is 459 g/mol. The third kappa shape index (κ3) is 11.9. The molecule has 25 heavy (non-hydrogen) atoms. The van der Waals surface area contributed by atoms with Crippen molar-refractivity contribution in [3.05, 3.63) is 20.6 Å². The quantitative estimate of drug-likeness (QED) is 0.0693. The number of unbranched alkanes of at least 4 members (excludes halogenated alkanes) is 4. The van der Waals surface area contributed by atoms with Crippen molar-refractivity contribution in [3.8, 4) is 0 Å². The van der Waals surface area contributed by atoms with E-state index in [4.69, 9.17) is 10.3 Å². The Kier molecular flexibility index (Phi) is 17.1. The minimum absolute atomic E-state index is 0.581. The number of hydrogen-bond acceptors (Lipinski definition) is 2. The molecule has 0 spiro atoms. The van der Waals surface area contributed by atoms with Crippen molar-refractivity contribution in [3.63, 3.8) is 0 Å². The molecule has 0 saturated carbocycles. The van der Waals surface area contributed by atoms with Crippen LogP contribution in [0.3, 0.4) is 0 Å². The van der Waals surface area contributed by atoms with Crippen molar-refractivity contribution < 1.29 is 4.74 Å². The van der Waals surface area contributed by atoms with Crippen LogP contribution in [0.25, 0.3) is 10.4 Å². The van der Waals surface area contributed by atoms with Gasteiger partial charge in [0.1, 0.15) is 0 Å². The minimum atomic E-state index is -2.25. The Labute approximate surface area is 160 Å². The fraction of sp³-hybridized carbons (Fsp3) is 0.900. The van der Waals surface area contributed by atoms with Crippen LogP contribution >= 0.6 is 0 Å². The second-order valence-electron chi connectivity index (χ2n) is 7.22. The Balaban J connectivity index is 4.43. The number of ether oxygens (including phenoxy) is 1. The van der Waals surface area contributed by atoms with Crippen LogP contribution in [0, 0.1) is 0 Å². The number of rotatable bonds is 18. The van der Waals surface area contributed by atoms with Crippen LogP contribution in [0.15, 0.2) is 15.3 Å². The SMILES string of the molecule is C=[C](CCOCCCCN=[N+]=[N-])[Sn]([CH2]CCC)([CH2]CCC)[CH2]CCC. The molecule has 0 aromatic carbocycles. The number of azide groups is 1. The fourth-order valence-corrected chi connectivity index (χ4v) is 19.2. The summed E-state index contributed by atoms with van der Waals surface area (Å²) in [5.74, 6) is 0. The van der Waals surface area contributed by atoms with E-state index in [0.29, 0.717) is 6.54 Å². The van der Waals surface area contributed by atoms with Crippen molar-refractivity contribution in [2.24, 2.45) is 5.11 Å². The molecule has 146 valence electrons. The normalized spacial score (nSPS) is 11.3. The summed E-state index contributed by atoms with van der Waals surface area (Å²) in [5, 5.41) is 3.55. The molecule has 5 heteroatoms. The molecule has 0 aliphatic rings. The topological polar surface area (TPSA) is 58.0 Å².